The third-order valence-corrected chi connectivity index (χ3v) is 4.09. The molecule has 1 aliphatic heterocycles. The van der Waals surface area contributed by atoms with Crippen LogP contribution in [0, 0.1) is 0 Å². The molecule has 1 rings (SSSR count). The fourth-order valence-corrected chi connectivity index (χ4v) is 2.64. The SMILES string of the molecule is C=CCN1CCC(NC(=NC)NCCOCCOCCCC)CC1.I. The average Bonchev–Trinajstić information content (AvgIpc) is 2.61. The number of unbranched alkanes of at least 4 members (excludes halogenated alkanes) is 1. The van der Waals surface area contributed by atoms with Crippen molar-refractivity contribution < 1.29 is 9.47 Å². The molecular formula is C18H37IN4O2. The van der Waals surface area contributed by atoms with E-state index in [2.05, 4.69) is 34.0 Å². The number of halogens is 1. The number of ether oxygens (including phenoxy) is 2. The van der Waals surface area contributed by atoms with Gasteiger partial charge in [-0.15, -0.1) is 30.6 Å². The molecule has 0 aliphatic carbocycles. The average molecular weight is 468 g/mol. The number of guanidine groups is 1. The molecule has 0 aromatic carbocycles. The quantitative estimate of drug-likeness (QED) is 0.151. The number of aliphatic imine (C=N–C) groups is 1. The van der Waals surface area contributed by atoms with Crippen molar-refractivity contribution in [1.29, 1.82) is 0 Å². The molecule has 1 saturated heterocycles. The van der Waals surface area contributed by atoms with Crippen molar-refractivity contribution in [3.8, 4) is 0 Å². The highest BCUT2D eigenvalue weighted by atomic mass is 127. The second kappa shape index (κ2) is 17.1. The number of nitrogens with one attached hydrogen (secondary N) is 2. The molecule has 0 spiro atoms. The van der Waals surface area contributed by atoms with Crippen LogP contribution in [-0.4, -0.2) is 76.6 Å². The monoisotopic (exact) mass is 468 g/mol. The van der Waals surface area contributed by atoms with E-state index < -0.39 is 0 Å². The molecular weight excluding hydrogens is 431 g/mol. The molecule has 1 fully saturated rings. The Morgan fingerprint density at radius 3 is 2.48 bits per heavy atom. The smallest absolute Gasteiger partial charge is 0.191 e. The summed E-state index contributed by atoms with van der Waals surface area (Å²) >= 11 is 0. The Morgan fingerprint density at radius 1 is 1.20 bits per heavy atom. The van der Waals surface area contributed by atoms with E-state index in [4.69, 9.17) is 9.47 Å². The Morgan fingerprint density at radius 2 is 1.88 bits per heavy atom. The van der Waals surface area contributed by atoms with E-state index in [-0.39, 0.29) is 24.0 Å². The summed E-state index contributed by atoms with van der Waals surface area (Å²) in [4.78, 5) is 6.72. The molecule has 0 bridgehead atoms. The summed E-state index contributed by atoms with van der Waals surface area (Å²) < 4.78 is 11.0. The first-order valence-corrected chi connectivity index (χ1v) is 9.26. The summed E-state index contributed by atoms with van der Waals surface area (Å²) in [6.07, 6.45) is 6.55. The van der Waals surface area contributed by atoms with Gasteiger partial charge in [-0.25, -0.2) is 0 Å². The van der Waals surface area contributed by atoms with E-state index in [9.17, 15) is 0 Å². The van der Waals surface area contributed by atoms with Crippen LogP contribution in [0.15, 0.2) is 17.6 Å². The first-order chi connectivity index (χ1) is 11.8. The topological polar surface area (TPSA) is 58.1 Å². The summed E-state index contributed by atoms with van der Waals surface area (Å²) in [6, 6.07) is 0.491. The van der Waals surface area contributed by atoms with Gasteiger partial charge in [0.15, 0.2) is 5.96 Å². The Kier molecular flexibility index (Phi) is 16.8. The molecule has 0 aromatic rings. The first-order valence-electron chi connectivity index (χ1n) is 9.26. The summed E-state index contributed by atoms with van der Waals surface area (Å²) in [7, 11) is 1.81. The minimum atomic E-state index is 0. The maximum Gasteiger partial charge on any atom is 0.191 e. The molecule has 2 N–H and O–H groups in total. The molecule has 0 atom stereocenters. The van der Waals surface area contributed by atoms with Gasteiger partial charge in [-0.3, -0.25) is 9.89 Å². The number of hydrogen-bond acceptors (Lipinski definition) is 4. The highest BCUT2D eigenvalue weighted by molar-refractivity contribution is 14.0. The van der Waals surface area contributed by atoms with Gasteiger partial charge < -0.3 is 20.1 Å². The van der Waals surface area contributed by atoms with Crippen LogP contribution in [0.5, 0.6) is 0 Å². The predicted molar refractivity (Wildman–Crippen MR) is 116 cm³/mol. The summed E-state index contributed by atoms with van der Waals surface area (Å²) in [5.74, 6) is 0.861. The van der Waals surface area contributed by atoms with Gasteiger partial charge in [-0.1, -0.05) is 19.4 Å². The molecule has 6 nitrogen and oxygen atoms in total. The van der Waals surface area contributed by atoms with E-state index in [1.54, 1.807) is 0 Å². The zero-order valence-corrected chi connectivity index (χ0v) is 18.3. The highest BCUT2D eigenvalue weighted by Crippen LogP contribution is 2.09. The van der Waals surface area contributed by atoms with E-state index in [0.29, 0.717) is 25.9 Å². The van der Waals surface area contributed by atoms with Gasteiger partial charge in [0.2, 0.25) is 0 Å². The lowest BCUT2D eigenvalue weighted by Gasteiger charge is -2.32. The van der Waals surface area contributed by atoms with Crippen LogP contribution >= 0.6 is 24.0 Å². The van der Waals surface area contributed by atoms with Gasteiger partial charge >= 0.3 is 0 Å². The van der Waals surface area contributed by atoms with Crippen molar-refractivity contribution >= 4 is 29.9 Å². The Hall–Kier alpha value is -0.380. The van der Waals surface area contributed by atoms with Gasteiger partial charge in [0, 0.05) is 45.9 Å². The molecule has 7 heteroatoms. The molecule has 0 radical (unpaired) electrons. The number of piperidine rings is 1. The van der Waals surface area contributed by atoms with Crippen LogP contribution in [0.2, 0.25) is 0 Å². The lowest BCUT2D eigenvalue weighted by atomic mass is 10.1. The Balaban J connectivity index is 0.00000576. The summed E-state index contributed by atoms with van der Waals surface area (Å²) in [6.45, 7) is 12.8. The fourth-order valence-electron chi connectivity index (χ4n) is 2.64. The first kappa shape index (κ1) is 24.6. The molecule has 0 unspecified atom stereocenters. The number of rotatable bonds is 12. The van der Waals surface area contributed by atoms with Crippen molar-refractivity contribution in [1.82, 2.24) is 15.5 Å². The minimum Gasteiger partial charge on any atom is -0.379 e. The lowest BCUT2D eigenvalue weighted by molar-refractivity contribution is 0.0487. The zero-order valence-electron chi connectivity index (χ0n) is 16.0. The van der Waals surface area contributed by atoms with Gasteiger partial charge in [0.1, 0.15) is 0 Å². The third kappa shape index (κ3) is 12.6. The molecule has 0 amide bonds. The van der Waals surface area contributed by atoms with Gasteiger partial charge in [-0.2, -0.15) is 0 Å². The summed E-state index contributed by atoms with van der Waals surface area (Å²) in [5, 5.41) is 6.81. The summed E-state index contributed by atoms with van der Waals surface area (Å²) in [5.41, 5.74) is 0. The van der Waals surface area contributed by atoms with Crippen LogP contribution in [0.25, 0.3) is 0 Å². The van der Waals surface area contributed by atoms with Gasteiger partial charge in [0.25, 0.3) is 0 Å². The normalized spacial score (nSPS) is 16.3. The van der Waals surface area contributed by atoms with Crippen molar-refractivity contribution in [3.63, 3.8) is 0 Å². The van der Waals surface area contributed by atoms with Crippen LogP contribution in [0.4, 0.5) is 0 Å². The van der Waals surface area contributed by atoms with Crippen LogP contribution < -0.4 is 10.6 Å². The third-order valence-electron chi connectivity index (χ3n) is 4.09. The molecule has 0 aromatic heterocycles. The van der Waals surface area contributed by atoms with E-state index in [1.165, 1.54) is 6.42 Å². The predicted octanol–water partition coefficient (Wildman–Crippen LogP) is 2.25. The Labute approximate surface area is 170 Å². The number of likely N-dealkylation sites (tertiary alicyclic amines) is 1. The molecule has 0 saturated carbocycles. The van der Waals surface area contributed by atoms with Gasteiger partial charge in [0.05, 0.1) is 19.8 Å². The molecule has 25 heavy (non-hydrogen) atoms. The van der Waals surface area contributed by atoms with Crippen molar-refractivity contribution in [3.05, 3.63) is 12.7 Å². The molecule has 1 heterocycles. The van der Waals surface area contributed by atoms with Crippen molar-refractivity contribution in [2.75, 3.05) is 59.7 Å². The minimum absolute atomic E-state index is 0. The number of hydrogen-bond donors (Lipinski definition) is 2. The largest absolute Gasteiger partial charge is 0.379 e. The van der Waals surface area contributed by atoms with Crippen LogP contribution in [0.3, 0.4) is 0 Å². The van der Waals surface area contributed by atoms with Gasteiger partial charge in [-0.05, 0) is 19.3 Å². The second-order valence-electron chi connectivity index (χ2n) is 6.09. The Bertz CT molecular complexity index is 348. The molecule has 148 valence electrons. The van der Waals surface area contributed by atoms with E-state index >= 15 is 0 Å². The van der Waals surface area contributed by atoms with Crippen molar-refractivity contribution in [2.45, 2.75) is 38.6 Å². The maximum atomic E-state index is 5.55. The second-order valence-corrected chi connectivity index (χ2v) is 6.09. The lowest BCUT2D eigenvalue weighted by Crippen LogP contribution is -2.49. The van der Waals surface area contributed by atoms with E-state index in [0.717, 1.165) is 58.0 Å². The molecule has 1 aliphatic rings. The van der Waals surface area contributed by atoms with Crippen molar-refractivity contribution in [2.24, 2.45) is 4.99 Å². The van der Waals surface area contributed by atoms with Crippen LogP contribution in [0.1, 0.15) is 32.6 Å². The zero-order chi connectivity index (χ0) is 17.5. The van der Waals surface area contributed by atoms with E-state index in [1.807, 2.05) is 13.1 Å². The van der Waals surface area contributed by atoms with Crippen LogP contribution in [-0.2, 0) is 9.47 Å². The standard InChI is InChI=1S/C18H36N4O2.HI/c1-4-6-13-23-15-16-24-14-9-20-18(19-3)21-17-7-11-22(10-5-2)12-8-17;/h5,17H,2,4,6-16H2,1,3H3,(H2,19,20,21);1H. The fraction of sp³-hybridized carbons (Fsp3) is 0.833. The number of nitrogens with zero attached hydrogens (tertiary/aromatic N) is 2. The highest BCUT2D eigenvalue weighted by Gasteiger charge is 2.18. The maximum absolute atomic E-state index is 5.55.